The molecule has 0 amide bonds. The Kier molecular flexibility index (Phi) is 33.1. The van der Waals surface area contributed by atoms with Crippen molar-refractivity contribution in [1.82, 2.24) is 0 Å². The molecule has 7 heteroatoms. The molecule has 0 fully saturated rings. The number of carbonyl (C=O) groups excluding carboxylic acids is 3. The zero-order valence-corrected chi connectivity index (χ0v) is 24.1. The number of carbonyl (C=O) groups is 3. The Morgan fingerprint density at radius 3 is 0.839 bits per heavy atom. The first kappa shape index (κ1) is 37.6. The first-order valence-electron chi connectivity index (χ1n) is 11.8. The standard InChI is InChI=1S/3C8H16O2.Bi.6H2/c3*1-3-5-6-7(4-2)8(9)10;;;;;;;/h3*7H,3-6H2,1-2H3,(H,9,10);;6*1H/q;;;+3;;;;;;/p-3. The molecule has 0 spiro atoms. The fraction of sp³-hybridized carbons (Fsp3) is 0.875. The summed E-state index contributed by atoms with van der Waals surface area (Å²) in [5.74, 6) is -3.34. The maximum atomic E-state index is 10.3. The second-order valence-corrected chi connectivity index (χ2v) is 7.70. The van der Waals surface area contributed by atoms with Crippen LogP contribution in [0.15, 0.2) is 0 Å². The average molecular weight is 651 g/mol. The van der Waals surface area contributed by atoms with Crippen molar-refractivity contribution in [1.29, 1.82) is 0 Å². The van der Waals surface area contributed by atoms with E-state index in [4.69, 9.17) is 0 Å². The first-order chi connectivity index (χ1) is 14.2. The SMILES string of the molecule is CCCCC(CC)C(=O)[O-].CCCCC(CC)C(=O)[O-].CCCCC(CC)C(=O)[O-].[Bi+3].[HH].[HH].[HH].[HH].[HH].[HH]. The van der Waals surface area contributed by atoms with Gasteiger partial charge in [-0.25, -0.2) is 0 Å². The second-order valence-electron chi connectivity index (χ2n) is 7.70. The third-order valence-electron chi connectivity index (χ3n) is 5.20. The Labute approximate surface area is 218 Å². The van der Waals surface area contributed by atoms with Crippen molar-refractivity contribution in [3.63, 3.8) is 0 Å². The van der Waals surface area contributed by atoms with Crippen molar-refractivity contribution in [2.45, 2.75) is 119 Å². The van der Waals surface area contributed by atoms with Crippen LogP contribution in [-0.2, 0) is 14.4 Å². The Hall–Kier alpha value is -0.707. The summed E-state index contributed by atoms with van der Waals surface area (Å²) in [6.45, 7) is 11.8. The molecule has 0 saturated heterocycles. The summed E-state index contributed by atoms with van der Waals surface area (Å²) in [7, 11) is 0. The predicted octanol–water partition coefficient (Wildman–Crippen LogP) is 3.95. The van der Waals surface area contributed by atoms with Crippen LogP contribution in [0.3, 0.4) is 0 Å². The normalized spacial score (nSPS) is 12.6. The van der Waals surface area contributed by atoms with E-state index in [1.165, 1.54) is 0 Å². The molecule has 0 aliphatic rings. The zero-order valence-electron chi connectivity index (χ0n) is 20.6. The van der Waals surface area contributed by atoms with Gasteiger partial charge in [-0.05, 0) is 56.3 Å². The summed E-state index contributed by atoms with van der Waals surface area (Å²) in [6, 6.07) is 0. The molecular formula is C24H57BiO6. The summed E-state index contributed by atoms with van der Waals surface area (Å²) in [5.41, 5.74) is 0. The molecule has 0 bridgehead atoms. The minimum Gasteiger partial charge on any atom is -0.550 e. The minimum atomic E-state index is -0.893. The molecule has 6 nitrogen and oxygen atoms in total. The van der Waals surface area contributed by atoms with Crippen molar-refractivity contribution in [2.24, 2.45) is 17.8 Å². The van der Waals surface area contributed by atoms with Crippen LogP contribution in [0.4, 0.5) is 0 Å². The van der Waals surface area contributed by atoms with Gasteiger partial charge in [0.15, 0.2) is 0 Å². The van der Waals surface area contributed by atoms with Crippen LogP contribution in [0.5, 0.6) is 0 Å². The maximum absolute atomic E-state index is 10.3. The van der Waals surface area contributed by atoms with E-state index < -0.39 is 17.9 Å². The van der Waals surface area contributed by atoms with Gasteiger partial charge in [0.1, 0.15) is 0 Å². The molecule has 3 unspecified atom stereocenters. The minimum absolute atomic E-state index is 0. The Bertz CT molecular complexity index is 390. The quantitative estimate of drug-likeness (QED) is 0.248. The largest absolute Gasteiger partial charge is 3.00 e. The summed E-state index contributed by atoms with van der Waals surface area (Å²) < 4.78 is 0. The number of hydrogen-bond acceptors (Lipinski definition) is 6. The van der Waals surface area contributed by atoms with Gasteiger partial charge in [0.05, 0.1) is 0 Å². The van der Waals surface area contributed by atoms with Crippen molar-refractivity contribution in [2.75, 3.05) is 0 Å². The van der Waals surface area contributed by atoms with E-state index in [9.17, 15) is 29.7 Å². The summed E-state index contributed by atoms with van der Waals surface area (Å²) in [5, 5.41) is 31.0. The number of aliphatic carboxylic acids is 3. The molecule has 0 aliphatic heterocycles. The van der Waals surface area contributed by atoms with E-state index in [1.807, 2.05) is 20.8 Å². The molecule has 0 saturated carbocycles. The van der Waals surface area contributed by atoms with Crippen molar-refractivity contribution < 1.29 is 38.3 Å². The third-order valence-corrected chi connectivity index (χ3v) is 5.20. The third kappa shape index (κ3) is 25.4. The van der Waals surface area contributed by atoms with E-state index in [0.717, 1.165) is 57.8 Å². The molecule has 0 aromatic heterocycles. The Morgan fingerprint density at radius 1 is 0.548 bits per heavy atom. The zero-order chi connectivity index (χ0) is 23.9. The van der Waals surface area contributed by atoms with E-state index >= 15 is 0 Å². The molecule has 0 aliphatic carbocycles. The van der Waals surface area contributed by atoms with Gasteiger partial charge in [0.25, 0.3) is 0 Å². The molecule has 2 radical (unpaired) electrons. The van der Waals surface area contributed by atoms with Crippen LogP contribution in [0.2, 0.25) is 0 Å². The molecule has 0 aromatic carbocycles. The fourth-order valence-electron chi connectivity index (χ4n) is 2.82. The van der Waals surface area contributed by atoms with Gasteiger partial charge >= 0.3 is 26.2 Å². The maximum Gasteiger partial charge on any atom is 3.00 e. The van der Waals surface area contributed by atoms with E-state index in [2.05, 4.69) is 20.8 Å². The fourth-order valence-corrected chi connectivity index (χ4v) is 2.82. The van der Waals surface area contributed by atoms with Crippen LogP contribution in [-0.4, -0.2) is 44.1 Å². The van der Waals surface area contributed by atoms with E-state index in [1.54, 1.807) is 0 Å². The van der Waals surface area contributed by atoms with Gasteiger partial charge in [-0.3, -0.25) is 0 Å². The molecular weight excluding hydrogens is 593 g/mol. The van der Waals surface area contributed by atoms with Gasteiger partial charge in [-0.1, -0.05) is 80.1 Å². The topological polar surface area (TPSA) is 120 Å². The smallest absolute Gasteiger partial charge is 0.550 e. The molecule has 3 atom stereocenters. The van der Waals surface area contributed by atoms with Gasteiger partial charge in [-0.2, -0.15) is 0 Å². The number of carboxylic acids is 3. The van der Waals surface area contributed by atoms with Crippen LogP contribution in [0.1, 0.15) is 127 Å². The summed E-state index contributed by atoms with van der Waals surface area (Å²) in [4.78, 5) is 31.0. The number of carboxylic acid groups (broad SMARTS) is 3. The molecule has 194 valence electrons. The van der Waals surface area contributed by atoms with Crippen LogP contribution in [0.25, 0.3) is 0 Å². The Balaban J connectivity index is -0.0000000337. The van der Waals surface area contributed by atoms with Crippen LogP contribution >= 0.6 is 0 Å². The van der Waals surface area contributed by atoms with Crippen molar-refractivity contribution >= 4 is 44.1 Å². The van der Waals surface area contributed by atoms with Gasteiger partial charge in [-0.15, -0.1) is 0 Å². The molecule has 0 N–H and O–H groups in total. The van der Waals surface area contributed by atoms with Crippen molar-refractivity contribution in [3.05, 3.63) is 0 Å². The average Bonchev–Trinajstić information content (AvgIpc) is 2.70. The van der Waals surface area contributed by atoms with Gasteiger partial charge in [0, 0.05) is 26.5 Å². The number of hydrogen-bond donors (Lipinski definition) is 0. The van der Waals surface area contributed by atoms with E-state index in [-0.39, 0.29) is 52.5 Å². The second kappa shape index (κ2) is 27.3. The van der Waals surface area contributed by atoms with Crippen LogP contribution < -0.4 is 15.3 Å². The van der Waals surface area contributed by atoms with Gasteiger partial charge < -0.3 is 29.7 Å². The predicted molar refractivity (Wildman–Crippen MR) is 133 cm³/mol. The molecule has 0 aromatic rings. The van der Waals surface area contributed by atoms with Gasteiger partial charge in [0.2, 0.25) is 0 Å². The number of unbranched alkanes of at least 4 members (excludes halogenated alkanes) is 3. The van der Waals surface area contributed by atoms with E-state index in [0.29, 0.717) is 19.3 Å². The first-order valence-corrected chi connectivity index (χ1v) is 11.8. The summed E-state index contributed by atoms with van der Waals surface area (Å²) in [6.07, 6.45) is 10.6. The molecule has 31 heavy (non-hydrogen) atoms. The van der Waals surface area contributed by atoms with Crippen molar-refractivity contribution in [3.8, 4) is 0 Å². The summed E-state index contributed by atoms with van der Waals surface area (Å²) >= 11 is 0. The molecule has 0 heterocycles. The number of rotatable bonds is 15. The molecule has 0 rings (SSSR count). The monoisotopic (exact) mass is 650 g/mol. The van der Waals surface area contributed by atoms with Crippen LogP contribution in [0, 0.1) is 17.8 Å². The Morgan fingerprint density at radius 2 is 0.742 bits per heavy atom.